The molecule has 0 saturated heterocycles. The number of carbonyl (C=O) groups excluding carboxylic acids is 1. The second-order valence-electron chi connectivity index (χ2n) is 6.54. The van der Waals surface area contributed by atoms with E-state index >= 15 is 0 Å². The van der Waals surface area contributed by atoms with Crippen LogP contribution in [0.5, 0.6) is 0 Å². The number of nitrogens with zero attached hydrogens (tertiary/aromatic N) is 3. The molecule has 0 unspecified atom stereocenters. The first kappa shape index (κ1) is 16.4. The number of benzene rings is 2. The van der Waals surface area contributed by atoms with Crippen LogP contribution in [0.15, 0.2) is 67.3 Å². The zero-order valence-corrected chi connectivity index (χ0v) is 14.6. The summed E-state index contributed by atoms with van der Waals surface area (Å²) in [5.74, 6) is -0.0411. The molecule has 1 aromatic heterocycles. The molecule has 0 radical (unpaired) electrons. The van der Waals surface area contributed by atoms with E-state index < -0.39 is 0 Å². The molecule has 1 N–H and O–H groups in total. The summed E-state index contributed by atoms with van der Waals surface area (Å²) in [5, 5.41) is 2.95. The van der Waals surface area contributed by atoms with Gasteiger partial charge in [0.25, 0.3) is 5.91 Å². The third-order valence-corrected chi connectivity index (χ3v) is 4.84. The molecule has 2 heterocycles. The van der Waals surface area contributed by atoms with Gasteiger partial charge in [0.15, 0.2) is 0 Å². The second kappa shape index (κ2) is 7.44. The second-order valence-corrected chi connectivity index (χ2v) is 6.54. The average molecular weight is 346 g/mol. The lowest BCUT2D eigenvalue weighted by atomic mass is 9.99. The first-order valence-electron chi connectivity index (χ1n) is 8.95. The molecule has 0 fully saturated rings. The Kier molecular flexibility index (Phi) is 4.69. The van der Waals surface area contributed by atoms with Gasteiger partial charge in [-0.3, -0.25) is 4.79 Å². The maximum Gasteiger partial charge on any atom is 0.251 e. The van der Waals surface area contributed by atoms with E-state index in [1.807, 2.05) is 35.0 Å². The largest absolute Gasteiger partial charge is 0.367 e. The van der Waals surface area contributed by atoms with Crippen LogP contribution in [-0.2, 0) is 19.5 Å². The Morgan fingerprint density at radius 3 is 2.65 bits per heavy atom. The number of imidazole rings is 1. The molecule has 0 spiro atoms. The smallest absolute Gasteiger partial charge is 0.251 e. The highest BCUT2D eigenvalue weighted by Gasteiger charge is 2.16. The molecule has 0 atom stereocenters. The quantitative estimate of drug-likeness (QED) is 0.773. The Morgan fingerprint density at radius 1 is 1.08 bits per heavy atom. The predicted molar refractivity (Wildman–Crippen MR) is 102 cm³/mol. The third-order valence-electron chi connectivity index (χ3n) is 4.84. The van der Waals surface area contributed by atoms with Crippen LogP contribution >= 0.6 is 0 Å². The molecule has 4 rings (SSSR count). The van der Waals surface area contributed by atoms with Crippen LogP contribution < -0.4 is 10.2 Å². The van der Waals surface area contributed by atoms with Gasteiger partial charge in [0.1, 0.15) is 0 Å². The fraction of sp³-hybridized carbons (Fsp3) is 0.238. The summed E-state index contributed by atoms with van der Waals surface area (Å²) in [6.07, 6.45) is 6.43. The number of nitrogens with one attached hydrogen (secondary N) is 1. The molecule has 26 heavy (non-hydrogen) atoms. The zero-order valence-electron chi connectivity index (χ0n) is 14.6. The van der Waals surface area contributed by atoms with Gasteiger partial charge in [0.05, 0.1) is 6.33 Å². The number of hydrogen-bond acceptors (Lipinski definition) is 3. The minimum atomic E-state index is -0.0411. The average Bonchev–Trinajstić information content (AvgIpc) is 3.21. The number of carbonyl (C=O) groups is 1. The van der Waals surface area contributed by atoms with Crippen molar-refractivity contribution in [2.24, 2.45) is 0 Å². The van der Waals surface area contributed by atoms with Crippen molar-refractivity contribution in [3.63, 3.8) is 0 Å². The van der Waals surface area contributed by atoms with Crippen molar-refractivity contribution in [1.82, 2.24) is 14.9 Å². The van der Waals surface area contributed by atoms with E-state index in [-0.39, 0.29) is 5.91 Å². The van der Waals surface area contributed by atoms with Crippen molar-refractivity contribution >= 4 is 11.6 Å². The van der Waals surface area contributed by atoms with Crippen molar-refractivity contribution < 1.29 is 4.79 Å². The lowest BCUT2D eigenvalue weighted by Gasteiger charge is -2.30. The number of fused-ring (bicyclic) bond motifs is 1. The molecule has 1 amide bonds. The molecular weight excluding hydrogens is 324 g/mol. The summed E-state index contributed by atoms with van der Waals surface area (Å²) >= 11 is 0. The number of anilines is 1. The Hall–Kier alpha value is -3.08. The number of aromatic nitrogens is 2. The molecule has 5 heteroatoms. The highest BCUT2D eigenvalue weighted by atomic mass is 16.1. The highest BCUT2D eigenvalue weighted by molar-refractivity contribution is 5.94. The van der Waals surface area contributed by atoms with Crippen molar-refractivity contribution in [2.45, 2.75) is 19.5 Å². The Labute approximate surface area is 153 Å². The van der Waals surface area contributed by atoms with Gasteiger partial charge in [-0.25, -0.2) is 4.98 Å². The van der Waals surface area contributed by atoms with Gasteiger partial charge in [-0.05, 0) is 41.8 Å². The van der Waals surface area contributed by atoms with Crippen molar-refractivity contribution in [2.75, 3.05) is 18.0 Å². The molecule has 1 aliphatic rings. The van der Waals surface area contributed by atoms with E-state index in [2.05, 4.69) is 39.5 Å². The summed E-state index contributed by atoms with van der Waals surface area (Å²) in [6, 6.07) is 16.5. The summed E-state index contributed by atoms with van der Waals surface area (Å²) < 4.78 is 1.94. The van der Waals surface area contributed by atoms with Gasteiger partial charge in [-0.1, -0.05) is 24.3 Å². The molecule has 3 aromatic rings. The van der Waals surface area contributed by atoms with Crippen LogP contribution in [0.1, 0.15) is 21.5 Å². The van der Waals surface area contributed by atoms with Crippen LogP contribution in [0.2, 0.25) is 0 Å². The van der Waals surface area contributed by atoms with Crippen LogP contribution in [0.3, 0.4) is 0 Å². The Balaban J connectivity index is 1.35. The molecule has 132 valence electrons. The van der Waals surface area contributed by atoms with Gasteiger partial charge >= 0.3 is 0 Å². The van der Waals surface area contributed by atoms with Crippen LogP contribution in [0, 0.1) is 0 Å². The van der Waals surface area contributed by atoms with Gasteiger partial charge in [0, 0.05) is 49.8 Å². The van der Waals surface area contributed by atoms with E-state index in [1.54, 1.807) is 12.5 Å². The molecule has 5 nitrogen and oxygen atoms in total. The monoisotopic (exact) mass is 346 g/mol. The molecule has 0 aliphatic carbocycles. The van der Waals surface area contributed by atoms with Crippen molar-refractivity contribution in [3.8, 4) is 0 Å². The summed E-state index contributed by atoms with van der Waals surface area (Å²) in [7, 11) is 0. The van der Waals surface area contributed by atoms with E-state index in [1.165, 1.54) is 11.1 Å². The fourth-order valence-electron chi connectivity index (χ4n) is 3.36. The summed E-state index contributed by atoms with van der Waals surface area (Å²) in [5.41, 5.74) is 4.68. The first-order valence-corrected chi connectivity index (χ1v) is 8.95. The van der Waals surface area contributed by atoms with Crippen LogP contribution in [-0.4, -0.2) is 28.5 Å². The molecule has 2 aromatic carbocycles. The lowest BCUT2D eigenvalue weighted by Crippen LogP contribution is -2.30. The Bertz CT molecular complexity index is 871. The van der Waals surface area contributed by atoms with E-state index in [4.69, 9.17) is 0 Å². The van der Waals surface area contributed by atoms with Crippen LogP contribution in [0.4, 0.5) is 5.69 Å². The number of amides is 1. The van der Waals surface area contributed by atoms with Crippen molar-refractivity contribution in [3.05, 3.63) is 83.9 Å². The van der Waals surface area contributed by atoms with Gasteiger partial charge in [0.2, 0.25) is 0 Å². The molecule has 1 aliphatic heterocycles. The lowest BCUT2D eigenvalue weighted by molar-refractivity contribution is 0.0952. The van der Waals surface area contributed by atoms with E-state index in [0.717, 1.165) is 31.7 Å². The SMILES string of the molecule is O=C(NCCn1ccnc1)c1ccc(N2CCc3ccccc3C2)cc1. The first-order chi connectivity index (χ1) is 12.8. The van der Waals surface area contributed by atoms with Gasteiger partial charge < -0.3 is 14.8 Å². The minimum Gasteiger partial charge on any atom is -0.367 e. The minimum absolute atomic E-state index is 0.0411. The normalized spacial score (nSPS) is 13.3. The van der Waals surface area contributed by atoms with E-state index in [0.29, 0.717) is 12.1 Å². The maximum absolute atomic E-state index is 12.3. The maximum atomic E-state index is 12.3. The predicted octanol–water partition coefficient (Wildman–Crippen LogP) is 2.88. The number of hydrogen-bond donors (Lipinski definition) is 1. The summed E-state index contributed by atoms with van der Waals surface area (Å²) in [6.45, 7) is 3.23. The van der Waals surface area contributed by atoms with Gasteiger partial charge in [-0.15, -0.1) is 0 Å². The fourth-order valence-corrected chi connectivity index (χ4v) is 3.36. The molecule has 0 saturated carbocycles. The Morgan fingerprint density at radius 2 is 1.88 bits per heavy atom. The number of rotatable bonds is 5. The standard InChI is InChI=1S/C21H22N4O/c26-21(23-11-14-24-13-10-22-16-24)18-5-7-20(8-6-18)25-12-9-17-3-1-2-4-19(17)15-25/h1-8,10,13,16H,9,11-12,14-15H2,(H,23,26). The molecule has 0 bridgehead atoms. The van der Waals surface area contributed by atoms with Gasteiger partial charge in [-0.2, -0.15) is 0 Å². The van der Waals surface area contributed by atoms with E-state index in [9.17, 15) is 4.79 Å². The molecular formula is C21H22N4O. The summed E-state index contributed by atoms with van der Waals surface area (Å²) in [4.78, 5) is 18.6. The van der Waals surface area contributed by atoms with Crippen molar-refractivity contribution in [1.29, 1.82) is 0 Å². The topological polar surface area (TPSA) is 50.2 Å². The van der Waals surface area contributed by atoms with Crippen LogP contribution in [0.25, 0.3) is 0 Å². The zero-order chi connectivity index (χ0) is 17.8. The third kappa shape index (κ3) is 3.61. The highest BCUT2D eigenvalue weighted by Crippen LogP contribution is 2.24.